The maximum atomic E-state index is 12.3. The molecule has 3 aromatic rings. The molecule has 7 nitrogen and oxygen atoms in total. The zero-order valence-electron chi connectivity index (χ0n) is 21.9. The van der Waals surface area contributed by atoms with Gasteiger partial charge in [0.2, 0.25) is 0 Å². The highest BCUT2D eigenvalue weighted by atomic mass is 16.6. The van der Waals surface area contributed by atoms with Crippen LogP contribution in [0, 0.1) is 0 Å². The first-order valence-corrected chi connectivity index (χ1v) is 12.4. The Kier molecular flexibility index (Phi) is 9.04. The van der Waals surface area contributed by atoms with Gasteiger partial charge in [-0.25, -0.2) is 9.78 Å². The van der Waals surface area contributed by atoms with Gasteiger partial charge >= 0.3 is 11.9 Å². The lowest BCUT2D eigenvalue weighted by Gasteiger charge is -2.21. The summed E-state index contributed by atoms with van der Waals surface area (Å²) < 4.78 is 12.5. The second-order valence-corrected chi connectivity index (χ2v) is 9.96. The fourth-order valence-electron chi connectivity index (χ4n) is 3.98. The van der Waals surface area contributed by atoms with Gasteiger partial charge in [0.25, 0.3) is 0 Å². The molecule has 192 valence electrons. The minimum absolute atomic E-state index is 0.324. The van der Waals surface area contributed by atoms with E-state index in [0.717, 1.165) is 47.5 Å². The van der Waals surface area contributed by atoms with E-state index in [9.17, 15) is 9.59 Å². The standard InChI is InChI=1S/C29H37N3O4/c1-6-7-12-26-31-22(17-25(30)28(34)36-29(2,3)4)19-32(26)18-20-13-15-21(16-14-20)23-10-8-9-11-24(23)27(33)35-5/h8-11,13-16,19,25H,6-7,12,17-18,30H2,1-5H3. The van der Waals surface area contributed by atoms with E-state index in [1.165, 1.54) is 7.11 Å². The molecule has 1 atom stereocenters. The van der Waals surface area contributed by atoms with Gasteiger partial charge in [-0.2, -0.15) is 0 Å². The van der Waals surface area contributed by atoms with Crippen molar-refractivity contribution in [2.24, 2.45) is 5.73 Å². The first kappa shape index (κ1) is 27.1. The molecule has 1 aromatic heterocycles. The zero-order chi connectivity index (χ0) is 26.3. The second kappa shape index (κ2) is 12.0. The van der Waals surface area contributed by atoms with Crippen molar-refractivity contribution in [2.45, 2.75) is 71.6 Å². The topological polar surface area (TPSA) is 96.4 Å². The third kappa shape index (κ3) is 7.28. The summed E-state index contributed by atoms with van der Waals surface area (Å²) in [6.45, 7) is 8.28. The number of carbonyl (C=O) groups excluding carboxylic acids is 2. The number of imidazole rings is 1. The van der Waals surface area contributed by atoms with Crippen LogP contribution in [0.4, 0.5) is 0 Å². The Bertz CT molecular complexity index is 1180. The SMILES string of the molecule is CCCCc1nc(CC(N)C(=O)OC(C)(C)C)cn1Cc1ccc(-c2ccccc2C(=O)OC)cc1. The van der Waals surface area contributed by atoms with Crippen molar-refractivity contribution >= 4 is 11.9 Å². The fraction of sp³-hybridized carbons (Fsp3) is 0.414. The van der Waals surface area contributed by atoms with E-state index in [-0.39, 0.29) is 5.97 Å². The average Bonchev–Trinajstić information content (AvgIpc) is 3.22. The quantitative estimate of drug-likeness (QED) is 0.404. The lowest BCUT2D eigenvalue weighted by molar-refractivity contribution is -0.156. The molecule has 7 heteroatoms. The number of ether oxygens (including phenoxy) is 2. The highest BCUT2D eigenvalue weighted by molar-refractivity contribution is 5.97. The van der Waals surface area contributed by atoms with Crippen LogP contribution < -0.4 is 5.73 Å². The molecule has 1 heterocycles. The summed E-state index contributed by atoms with van der Waals surface area (Å²) in [5, 5.41) is 0. The van der Waals surface area contributed by atoms with Crippen LogP contribution in [0.1, 0.15) is 68.0 Å². The predicted octanol–water partition coefficient (Wildman–Crippen LogP) is 4.94. The summed E-state index contributed by atoms with van der Waals surface area (Å²) in [5.41, 5.74) is 9.75. The average molecular weight is 492 g/mol. The molecule has 1 unspecified atom stereocenters. The van der Waals surface area contributed by atoms with Crippen LogP contribution in [0.15, 0.2) is 54.7 Å². The Hall–Kier alpha value is -3.45. The maximum absolute atomic E-state index is 12.3. The smallest absolute Gasteiger partial charge is 0.338 e. The maximum Gasteiger partial charge on any atom is 0.338 e. The number of aryl methyl sites for hydroxylation is 1. The minimum Gasteiger partial charge on any atom is -0.465 e. The second-order valence-electron chi connectivity index (χ2n) is 9.96. The molecular weight excluding hydrogens is 454 g/mol. The number of unbranched alkanes of at least 4 members (excludes halogenated alkanes) is 1. The number of esters is 2. The number of rotatable bonds is 10. The Labute approximate surface area is 213 Å². The van der Waals surface area contributed by atoms with Gasteiger partial charge in [-0.1, -0.05) is 55.8 Å². The largest absolute Gasteiger partial charge is 0.465 e. The molecule has 0 amide bonds. The molecule has 0 aliphatic carbocycles. The van der Waals surface area contributed by atoms with Gasteiger partial charge in [-0.3, -0.25) is 4.79 Å². The molecule has 36 heavy (non-hydrogen) atoms. The Morgan fingerprint density at radius 3 is 2.42 bits per heavy atom. The summed E-state index contributed by atoms with van der Waals surface area (Å²) in [7, 11) is 1.39. The molecule has 2 N–H and O–H groups in total. The van der Waals surface area contributed by atoms with Crippen molar-refractivity contribution in [1.82, 2.24) is 9.55 Å². The number of hydrogen-bond donors (Lipinski definition) is 1. The number of benzene rings is 2. The molecule has 3 rings (SSSR count). The van der Waals surface area contributed by atoms with E-state index in [1.54, 1.807) is 6.07 Å². The third-order valence-corrected chi connectivity index (χ3v) is 5.75. The Morgan fingerprint density at radius 1 is 1.08 bits per heavy atom. The monoisotopic (exact) mass is 491 g/mol. The van der Waals surface area contributed by atoms with Crippen molar-refractivity contribution < 1.29 is 19.1 Å². The summed E-state index contributed by atoms with van der Waals surface area (Å²) >= 11 is 0. The first-order valence-electron chi connectivity index (χ1n) is 12.4. The van der Waals surface area contributed by atoms with E-state index < -0.39 is 17.6 Å². The molecule has 0 saturated heterocycles. The van der Waals surface area contributed by atoms with Crippen LogP contribution in [0.3, 0.4) is 0 Å². The van der Waals surface area contributed by atoms with E-state index >= 15 is 0 Å². The summed E-state index contributed by atoms with van der Waals surface area (Å²) in [4.78, 5) is 29.3. The van der Waals surface area contributed by atoms with Crippen LogP contribution >= 0.6 is 0 Å². The van der Waals surface area contributed by atoms with Crippen LogP contribution in [0.25, 0.3) is 11.1 Å². The number of methoxy groups -OCH3 is 1. The third-order valence-electron chi connectivity index (χ3n) is 5.75. The summed E-state index contributed by atoms with van der Waals surface area (Å²) in [6, 6.07) is 14.8. The molecule has 0 saturated carbocycles. The van der Waals surface area contributed by atoms with E-state index in [4.69, 9.17) is 20.2 Å². The molecule has 0 radical (unpaired) electrons. The summed E-state index contributed by atoms with van der Waals surface area (Å²) in [6.07, 6.45) is 5.24. The van der Waals surface area contributed by atoms with Crippen LogP contribution in [-0.4, -0.2) is 40.2 Å². The Balaban J connectivity index is 1.79. The number of nitrogens with two attached hydrogens (primary N) is 1. The molecule has 0 fully saturated rings. The lowest BCUT2D eigenvalue weighted by Crippen LogP contribution is -2.38. The summed E-state index contributed by atoms with van der Waals surface area (Å²) in [5.74, 6) is 0.198. The van der Waals surface area contributed by atoms with Crippen molar-refractivity contribution in [3.63, 3.8) is 0 Å². The highest BCUT2D eigenvalue weighted by Gasteiger charge is 2.23. The van der Waals surface area contributed by atoms with Crippen LogP contribution in [-0.2, 0) is 33.7 Å². The number of aromatic nitrogens is 2. The van der Waals surface area contributed by atoms with Crippen molar-refractivity contribution in [3.8, 4) is 11.1 Å². The number of nitrogens with zero attached hydrogens (tertiary/aromatic N) is 2. The van der Waals surface area contributed by atoms with Crippen molar-refractivity contribution in [2.75, 3.05) is 7.11 Å². The van der Waals surface area contributed by atoms with Gasteiger partial charge in [0, 0.05) is 25.6 Å². The molecule has 0 aliphatic heterocycles. The van der Waals surface area contributed by atoms with Crippen molar-refractivity contribution in [3.05, 3.63) is 77.4 Å². The van der Waals surface area contributed by atoms with Crippen molar-refractivity contribution in [1.29, 1.82) is 0 Å². The highest BCUT2D eigenvalue weighted by Crippen LogP contribution is 2.25. The minimum atomic E-state index is -0.763. The molecule has 2 aromatic carbocycles. The van der Waals surface area contributed by atoms with Gasteiger partial charge in [0.15, 0.2) is 0 Å². The molecule has 0 aliphatic rings. The van der Waals surface area contributed by atoms with Gasteiger partial charge < -0.3 is 19.8 Å². The normalized spacial score (nSPS) is 12.3. The van der Waals surface area contributed by atoms with Crippen LogP contribution in [0.2, 0.25) is 0 Å². The number of carbonyl (C=O) groups is 2. The van der Waals surface area contributed by atoms with E-state index in [0.29, 0.717) is 18.5 Å². The lowest BCUT2D eigenvalue weighted by atomic mass is 9.98. The van der Waals surface area contributed by atoms with Gasteiger partial charge in [0.05, 0.1) is 18.4 Å². The fourth-order valence-corrected chi connectivity index (χ4v) is 3.98. The predicted molar refractivity (Wildman–Crippen MR) is 141 cm³/mol. The molecular formula is C29H37N3O4. The van der Waals surface area contributed by atoms with Gasteiger partial charge in [-0.05, 0) is 49.9 Å². The van der Waals surface area contributed by atoms with E-state index in [1.807, 2.05) is 57.3 Å². The molecule has 0 spiro atoms. The van der Waals surface area contributed by atoms with Crippen LogP contribution in [0.5, 0.6) is 0 Å². The van der Waals surface area contributed by atoms with E-state index in [2.05, 4.69) is 23.6 Å². The Morgan fingerprint density at radius 2 is 1.78 bits per heavy atom. The van der Waals surface area contributed by atoms with Gasteiger partial charge in [0.1, 0.15) is 17.5 Å². The number of hydrogen-bond acceptors (Lipinski definition) is 6. The zero-order valence-corrected chi connectivity index (χ0v) is 21.9. The molecule has 0 bridgehead atoms. The first-order chi connectivity index (χ1) is 17.1. The van der Waals surface area contributed by atoms with Gasteiger partial charge in [-0.15, -0.1) is 0 Å².